The Morgan fingerprint density at radius 2 is 2.38 bits per heavy atom. The fourth-order valence-electron chi connectivity index (χ4n) is 2.17. The second-order valence-electron chi connectivity index (χ2n) is 4.40. The van der Waals surface area contributed by atoms with Crippen LogP contribution in [0, 0.1) is 5.92 Å². The summed E-state index contributed by atoms with van der Waals surface area (Å²) in [5.41, 5.74) is 1.31. The molecule has 86 valence electrons. The first-order valence-electron chi connectivity index (χ1n) is 6.23. The quantitative estimate of drug-likeness (QED) is 0.780. The van der Waals surface area contributed by atoms with Crippen LogP contribution in [0.5, 0.6) is 0 Å². The van der Waals surface area contributed by atoms with Crippen molar-refractivity contribution in [1.29, 1.82) is 0 Å². The third-order valence-corrected chi connectivity index (χ3v) is 3.21. The SMILES string of the molecule is CCc1cccnc1NCC1CC=CCC1. The standard InChI is InChI=1S/C14H20N2/c1-2-13-9-6-10-15-14(13)16-11-12-7-4-3-5-8-12/h3-4,6,9-10,12H,2,5,7-8,11H2,1H3,(H,15,16). The molecule has 2 rings (SSSR count). The molecule has 0 fully saturated rings. The van der Waals surface area contributed by atoms with E-state index < -0.39 is 0 Å². The normalized spacial score (nSPS) is 19.7. The van der Waals surface area contributed by atoms with Gasteiger partial charge in [0.25, 0.3) is 0 Å². The van der Waals surface area contributed by atoms with Crippen LogP contribution >= 0.6 is 0 Å². The number of anilines is 1. The van der Waals surface area contributed by atoms with Gasteiger partial charge in [0.05, 0.1) is 0 Å². The Balaban J connectivity index is 1.91. The molecule has 1 aromatic heterocycles. The first kappa shape index (κ1) is 11.2. The third kappa shape index (κ3) is 2.84. The predicted molar refractivity (Wildman–Crippen MR) is 68.6 cm³/mol. The van der Waals surface area contributed by atoms with Crippen LogP contribution in [0.4, 0.5) is 5.82 Å². The molecule has 0 bridgehead atoms. The van der Waals surface area contributed by atoms with Gasteiger partial charge in [0.1, 0.15) is 5.82 Å². The third-order valence-electron chi connectivity index (χ3n) is 3.21. The van der Waals surface area contributed by atoms with Gasteiger partial charge in [-0.2, -0.15) is 0 Å². The summed E-state index contributed by atoms with van der Waals surface area (Å²) in [4.78, 5) is 4.40. The first-order valence-corrected chi connectivity index (χ1v) is 6.23. The Bertz CT molecular complexity index is 358. The van der Waals surface area contributed by atoms with Crippen LogP contribution in [0.15, 0.2) is 30.5 Å². The smallest absolute Gasteiger partial charge is 0.129 e. The second kappa shape index (κ2) is 5.69. The molecule has 1 aliphatic rings. The van der Waals surface area contributed by atoms with Gasteiger partial charge in [0.2, 0.25) is 0 Å². The highest BCUT2D eigenvalue weighted by atomic mass is 15.0. The van der Waals surface area contributed by atoms with Gasteiger partial charge in [-0.3, -0.25) is 0 Å². The van der Waals surface area contributed by atoms with Crippen LogP contribution in [-0.2, 0) is 6.42 Å². The first-order chi connectivity index (χ1) is 7.90. The number of nitrogens with one attached hydrogen (secondary N) is 1. The number of hydrogen-bond acceptors (Lipinski definition) is 2. The van der Waals surface area contributed by atoms with Gasteiger partial charge in [-0.25, -0.2) is 4.98 Å². The number of rotatable bonds is 4. The van der Waals surface area contributed by atoms with Crippen molar-refractivity contribution in [1.82, 2.24) is 4.98 Å². The summed E-state index contributed by atoms with van der Waals surface area (Å²) in [5.74, 6) is 1.84. The minimum Gasteiger partial charge on any atom is -0.370 e. The van der Waals surface area contributed by atoms with Gasteiger partial charge in [-0.1, -0.05) is 25.1 Å². The number of aryl methyl sites for hydroxylation is 1. The zero-order valence-corrected chi connectivity index (χ0v) is 9.95. The molecular weight excluding hydrogens is 196 g/mol. The molecule has 0 radical (unpaired) electrons. The largest absolute Gasteiger partial charge is 0.370 e. The van der Waals surface area contributed by atoms with Crippen LogP contribution in [0.2, 0.25) is 0 Å². The fraction of sp³-hybridized carbons (Fsp3) is 0.500. The van der Waals surface area contributed by atoms with Gasteiger partial charge in [0, 0.05) is 12.7 Å². The molecule has 0 aliphatic heterocycles. The molecule has 0 aromatic carbocycles. The summed E-state index contributed by atoms with van der Waals surface area (Å²) in [7, 11) is 0. The minimum absolute atomic E-state index is 0.775. The molecule has 2 heteroatoms. The van der Waals surface area contributed by atoms with E-state index in [9.17, 15) is 0 Å². The van der Waals surface area contributed by atoms with Crippen molar-refractivity contribution in [3.05, 3.63) is 36.0 Å². The lowest BCUT2D eigenvalue weighted by molar-refractivity contribution is 0.503. The summed E-state index contributed by atoms with van der Waals surface area (Å²) in [6.07, 6.45) is 11.2. The van der Waals surface area contributed by atoms with E-state index in [0.717, 1.165) is 24.7 Å². The lowest BCUT2D eigenvalue weighted by atomic mass is 9.94. The van der Waals surface area contributed by atoms with Crippen molar-refractivity contribution in [3.8, 4) is 0 Å². The highest BCUT2D eigenvalue weighted by Gasteiger charge is 2.10. The van der Waals surface area contributed by atoms with Crippen LogP contribution < -0.4 is 5.32 Å². The second-order valence-corrected chi connectivity index (χ2v) is 4.40. The average Bonchev–Trinajstić information content (AvgIpc) is 2.38. The molecule has 1 unspecified atom stereocenters. The Labute approximate surface area is 97.8 Å². The molecule has 0 saturated heterocycles. The Morgan fingerprint density at radius 3 is 3.12 bits per heavy atom. The zero-order chi connectivity index (χ0) is 11.2. The number of aromatic nitrogens is 1. The number of hydrogen-bond donors (Lipinski definition) is 1. The summed E-state index contributed by atoms with van der Waals surface area (Å²) in [5, 5.41) is 3.49. The number of allylic oxidation sites excluding steroid dienone is 2. The lowest BCUT2D eigenvalue weighted by Crippen LogP contribution is -2.16. The maximum absolute atomic E-state index is 4.40. The van der Waals surface area contributed by atoms with E-state index in [2.05, 4.69) is 35.4 Å². The van der Waals surface area contributed by atoms with Crippen LogP contribution in [-0.4, -0.2) is 11.5 Å². The Hall–Kier alpha value is -1.31. The van der Waals surface area contributed by atoms with Crippen LogP contribution in [0.1, 0.15) is 31.7 Å². The molecule has 1 N–H and O–H groups in total. The highest BCUT2D eigenvalue weighted by Crippen LogP contribution is 2.19. The van der Waals surface area contributed by atoms with Gasteiger partial charge in [0.15, 0.2) is 0 Å². The molecule has 1 heterocycles. The van der Waals surface area contributed by atoms with Crippen molar-refractivity contribution in [3.63, 3.8) is 0 Å². The molecule has 0 spiro atoms. The lowest BCUT2D eigenvalue weighted by Gasteiger charge is -2.19. The van der Waals surface area contributed by atoms with Crippen molar-refractivity contribution < 1.29 is 0 Å². The Kier molecular flexibility index (Phi) is 3.97. The van der Waals surface area contributed by atoms with Crippen LogP contribution in [0.3, 0.4) is 0 Å². The summed E-state index contributed by atoms with van der Waals surface area (Å²) in [6, 6.07) is 4.16. The van der Waals surface area contributed by atoms with E-state index in [-0.39, 0.29) is 0 Å². The molecule has 16 heavy (non-hydrogen) atoms. The summed E-state index contributed by atoms with van der Waals surface area (Å²) in [6.45, 7) is 3.22. The predicted octanol–water partition coefficient (Wildman–Crippen LogP) is 3.41. The van der Waals surface area contributed by atoms with Crippen molar-refractivity contribution >= 4 is 5.82 Å². The molecule has 0 amide bonds. The van der Waals surface area contributed by atoms with Crippen molar-refractivity contribution in [2.45, 2.75) is 32.6 Å². The van der Waals surface area contributed by atoms with Gasteiger partial charge >= 0.3 is 0 Å². The zero-order valence-electron chi connectivity index (χ0n) is 9.95. The molecule has 0 saturated carbocycles. The van der Waals surface area contributed by atoms with Gasteiger partial charge in [-0.05, 0) is 43.2 Å². The Morgan fingerprint density at radius 1 is 1.44 bits per heavy atom. The summed E-state index contributed by atoms with van der Waals surface area (Å²) < 4.78 is 0. The van der Waals surface area contributed by atoms with E-state index in [1.54, 1.807) is 0 Å². The molecule has 1 atom stereocenters. The van der Waals surface area contributed by atoms with E-state index in [1.807, 2.05) is 12.3 Å². The van der Waals surface area contributed by atoms with Gasteiger partial charge in [-0.15, -0.1) is 0 Å². The number of nitrogens with zero attached hydrogens (tertiary/aromatic N) is 1. The maximum Gasteiger partial charge on any atom is 0.129 e. The molecule has 1 aromatic rings. The van der Waals surface area contributed by atoms with E-state index >= 15 is 0 Å². The van der Waals surface area contributed by atoms with Crippen LogP contribution in [0.25, 0.3) is 0 Å². The fourth-order valence-corrected chi connectivity index (χ4v) is 2.17. The average molecular weight is 216 g/mol. The molecule has 1 aliphatic carbocycles. The molecule has 2 nitrogen and oxygen atoms in total. The molecular formula is C14H20N2. The van der Waals surface area contributed by atoms with E-state index in [4.69, 9.17) is 0 Å². The van der Waals surface area contributed by atoms with E-state index in [0.29, 0.717) is 0 Å². The van der Waals surface area contributed by atoms with Crippen molar-refractivity contribution in [2.24, 2.45) is 5.92 Å². The van der Waals surface area contributed by atoms with E-state index in [1.165, 1.54) is 24.8 Å². The monoisotopic (exact) mass is 216 g/mol. The topological polar surface area (TPSA) is 24.9 Å². The highest BCUT2D eigenvalue weighted by molar-refractivity contribution is 5.43. The summed E-state index contributed by atoms with van der Waals surface area (Å²) >= 11 is 0. The number of pyridine rings is 1. The van der Waals surface area contributed by atoms with Crippen molar-refractivity contribution in [2.75, 3.05) is 11.9 Å². The minimum atomic E-state index is 0.775. The van der Waals surface area contributed by atoms with Gasteiger partial charge < -0.3 is 5.32 Å². The maximum atomic E-state index is 4.40.